The highest BCUT2D eigenvalue weighted by Gasteiger charge is 2.06. The zero-order valence-corrected chi connectivity index (χ0v) is 10.8. The van der Waals surface area contributed by atoms with Crippen molar-refractivity contribution in [1.82, 2.24) is 0 Å². The van der Waals surface area contributed by atoms with E-state index in [-0.39, 0.29) is 12.2 Å². The minimum Gasteiger partial charge on any atom is -0.481 e. The minimum absolute atomic E-state index is 0.0608. The topological polar surface area (TPSA) is 57.6 Å². The number of hydrogen-bond acceptors (Lipinski definition) is 3. The van der Waals surface area contributed by atoms with Gasteiger partial charge in [-0.1, -0.05) is 12.1 Å². The summed E-state index contributed by atoms with van der Waals surface area (Å²) in [6.45, 7) is 0. The lowest BCUT2D eigenvalue weighted by molar-refractivity contribution is -0.137. The molecule has 0 radical (unpaired) electrons. The first kappa shape index (κ1) is 14.2. The van der Waals surface area contributed by atoms with E-state index in [2.05, 4.69) is 0 Å². The third-order valence-corrected chi connectivity index (χ3v) is 2.70. The first-order chi connectivity index (χ1) is 8.49. The lowest BCUT2D eigenvalue weighted by Crippen LogP contribution is -2.09. The number of aliphatic carboxylic acids is 1. The van der Waals surface area contributed by atoms with Crippen molar-refractivity contribution in [3.8, 4) is 0 Å². The molecule has 0 bridgehead atoms. The van der Waals surface area contributed by atoms with Gasteiger partial charge >= 0.3 is 5.97 Å². The first-order valence-electron chi connectivity index (χ1n) is 5.99. The predicted octanol–water partition coefficient (Wildman–Crippen LogP) is 2.12. The van der Waals surface area contributed by atoms with Crippen LogP contribution in [0.1, 0.15) is 24.8 Å². The van der Waals surface area contributed by atoms with Gasteiger partial charge in [-0.3, -0.25) is 9.59 Å². The molecule has 1 rings (SSSR count). The Labute approximate surface area is 107 Å². The predicted molar refractivity (Wildman–Crippen MR) is 71.0 cm³/mol. The van der Waals surface area contributed by atoms with Crippen molar-refractivity contribution in [3.05, 3.63) is 29.8 Å². The Bertz CT molecular complexity index is 410. The molecule has 0 atom stereocenters. The van der Waals surface area contributed by atoms with Crippen molar-refractivity contribution in [2.24, 2.45) is 0 Å². The molecule has 0 aliphatic rings. The fourth-order valence-electron chi connectivity index (χ4n) is 1.66. The van der Waals surface area contributed by atoms with Crippen LogP contribution in [0, 0.1) is 0 Å². The van der Waals surface area contributed by atoms with Crippen molar-refractivity contribution in [3.63, 3.8) is 0 Å². The average molecular weight is 249 g/mol. The molecule has 1 N–H and O–H groups in total. The van der Waals surface area contributed by atoms with Crippen LogP contribution in [-0.2, 0) is 16.0 Å². The van der Waals surface area contributed by atoms with Gasteiger partial charge in [-0.15, -0.1) is 0 Å². The molecule has 1 aromatic rings. The van der Waals surface area contributed by atoms with Crippen molar-refractivity contribution >= 4 is 17.4 Å². The van der Waals surface area contributed by atoms with Gasteiger partial charge in [-0.05, 0) is 24.1 Å². The smallest absolute Gasteiger partial charge is 0.303 e. The summed E-state index contributed by atoms with van der Waals surface area (Å²) in [5.41, 5.74) is 2.07. The maximum absolute atomic E-state index is 11.6. The summed E-state index contributed by atoms with van der Waals surface area (Å²) < 4.78 is 0. The van der Waals surface area contributed by atoms with E-state index in [0.29, 0.717) is 19.3 Å². The van der Waals surface area contributed by atoms with Crippen LogP contribution in [0.3, 0.4) is 0 Å². The van der Waals surface area contributed by atoms with E-state index in [1.807, 2.05) is 43.3 Å². The number of carboxylic acid groups (broad SMARTS) is 1. The number of rotatable bonds is 7. The fourth-order valence-corrected chi connectivity index (χ4v) is 1.66. The van der Waals surface area contributed by atoms with E-state index in [9.17, 15) is 9.59 Å². The number of anilines is 1. The van der Waals surface area contributed by atoms with E-state index in [1.165, 1.54) is 0 Å². The number of carbonyl (C=O) groups is 2. The fraction of sp³-hybridized carbons (Fsp3) is 0.429. The first-order valence-corrected chi connectivity index (χ1v) is 5.99. The minimum atomic E-state index is -0.849. The van der Waals surface area contributed by atoms with Gasteiger partial charge in [0.05, 0.1) is 0 Å². The maximum Gasteiger partial charge on any atom is 0.303 e. The number of ketones is 1. The molecule has 0 saturated carbocycles. The van der Waals surface area contributed by atoms with Crippen molar-refractivity contribution in [2.45, 2.75) is 25.7 Å². The summed E-state index contributed by atoms with van der Waals surface area (Å²) in [6.07, 6.45) is 1.20. The van der Waals surface area contributed by atoms with Crippen LogP contribution < -0.4 is 4.90 Å². The highest BCUT2D eigenvalue weighted by Crippen LogP contribution is 2.13. The molecular weight excluding hydrogens is 230 g/mol. The summed E-state index contributed by atoms with van der Waals surface area (Å²) in [6, 6.07) is 7.81. The Hall–Kier alpha value is -1.84. The SMILES string of the molecule is CN(C)c1ccc(CC(=O)CCCC(=O)O)cc1. The highest BCUT2D eigenvalue weighted by molar-refractivity contribution is 5.81. The molecule has 0 amide bonds. The lowest BCUT2D eigenvalue weighted by atomic mass is 10.0. The molecule has 0 saturated heterocycles. The van der Waals surface area contributed by atoms with Crippen LogP contribution in [0.15, 0.2) is 24.3 Å². The van der Waals surface area contributed by atoms with Crippen LogP contribution in [0.4, 0.5) is 5.69 Å². The van der Waals surface area contributed by atoms with E-state index < -0.39 is 5.97 Å². The van der Waals surface area contributed by atoms with Gasteiger partial charge in [0.25, 0.3) is 0 Å². The number of Topliss-reactive ketones (excluding diaryl/α,β-unsaturated/α-hetero) is 1. The zero-order chi connectivity index (χ0) is 13.5. The quantitative estimate of drug-likeness (QED) is 0.804. The number of benzene rings is 1. The molecule has 0 unspecified atom stereocenters. The van der Waals surface area contributed by atoms with E-state index in [0.717, 1.165) is 11.3 Å². The Morgan fingerprint density at radius 1 is 1.11 bits per heavy atom. The second-order valence-electron chi connectivity index (χ2n) is 4.52. The van der Waals surface area contributed by atoms with Crippen molar-refractivity contribution in [1.29, 1.82) is 0 Å². The van der Waals surface area contributed by atoms with Crippen LogP contribution in [0.5, 0.6) is 0 Å². The number of nitrogens with zero attached hydrogens (tertiary/aromatic N) is 1. The second kappa shape index (κ2) is 6.79. The molecule has 1 aromatic carbocycles. The average Bonchev–Trinajstić information content (AvgIpc) is 2.29. The summed E-state index contributed by atoms with van der Waals surface area (Å²) >= 11 is 0. The summed E-state index contributed by atoms with van der Waals surface area (Å²) in [7, 11) is 3.93. The van der Waals surface area contributed by atoms with Crippen molar-refractivity contribution < 1.29 is 14.7 Å². The summed E-state index contributed by atoms with van der Waals surface area (Å²) in [4.78, 5) is 23.9. The standard InChI is InChI=1S/C14H19NO3/c1-15(2)12-8-6-11(7-9-12)10-13(16)4-3-5-14(17)18/h6-9H,3-5,10H2,1-2H3,(H,17,18). The maximum atomic E-state index is 11.6. The van der Waals surface area contributed by atoms with Crippen LogP contribution in [0.2, 0.25) is 0 Å². The van der Waals surface area contributed by atoms with Crippen LogP contribution in [-0.4, -0.2) is 31.0 Å². The summed E-state index contributed by atoms with van der Waals surface area (Å²) in [5, 5.41) is 8.48. The summed E-state index contributed by atoms with van der Waals surface area (Å²) in [5.74, 6) is -0.757. The molecular formula is C14H19NO3. The Balaban J connectivity index is 2.42. The monoisotopic (exact) mass is 249 g/mol. The molecule has 0 heterocycles. The Kier molecular flexibility index (Phi) is 5.36. The van der Waals surface area contributed by atoms with Gasteiger partial charge in [0.1, 0.15) is 5.78 Å². The molecule has 0 aliphatic carbocycles. The molecule has 18 heavy (non-hydrogen) atoms. The molecule has 4 nitrogen and oxygen atoms in total. The van der Waals surface area contributed by atoms with Gasteiger partial charge in [0, 0.05) is 39.0 Å². The second-order valence-corrected chi connectivity index (χ2v) is 4.52. The van der Waals surface area contributed by atoms with Gasteiger partial charge in [0.15, 0.2) is 0 Å². The third-order valence-electron chi connectivity index (χ3n) is 2.70. The molecule has 0 fully saturated rings. The normalized spacial score (nSPS) is 10.1. The molecule has 4 heteroatoms. The zero-order valence-electron chi connectivity index (χ0n) is 10.8. The Morgan fingerprint density at radius 2 is 1.72 bits per heavy atom. The van der Waals surface area contributed by atoms with Gasteiger partial charge in [0.2, 0.25) is 0 Å². The van der Waals surface area contributed by atoms with Gasteiger partial charge in [-0.2, -0.15) is 0 Å². The van der Waals surface area contributed by atoms with E-state index in [4.69, 9.17) is 5.11 Å². The van der Waals surface area contributed by atoms with Crippen molar-refractivity contribution in [2.75, 3.05) is 19.0 Å². The lowest BCUT2D eigenvalue weighted by Gasteiger charge is -2.12. The van der Waals surface area contributed by atoms with E-state index >= 15 is 0 Å². The molecule has 98 valence electrons. The molecule has 0 spiro atoms. The van der Waals surface area contributed by atoms with Gasteiger partial charge < -0.3 is 10.0 Å². The van der Waals surface area contributed by atoms with Crippen LogP contribution >= 0.6 is 0 Å². The van der Waals surface area contributed by atoms with E-state index in [1.54, 1.807) is 0 Å². The largest absolute Gasteiger partial charge is 0.481 e. The highest BCUT2D eigenvalue weighted by atomic mass is 16.4. The number of carboxylic acids is 1. The Morgan fingerprint density at radius 3 is 2.22 bits per heavy atom. The number of hydrogen-bond donors (Lipinski definition) is 1. The molecule has 0 aromatic heterocycles. The van der Waals surface area contributed by atoms with Gasteiger partial charge in [-0.25, -0.2) is 0 Å². The third kappa shape index (κ3) is 4.99. The van der Waals surface area contributed by atoms with Crippen LogP contribution in [0.25, 0.3) is 0 Å². The number of carbonyl (C=O) groups excluding carboxylic acids is 1. The molecule has 0 aliphatic heterocycles.